The van der Waals surface area contributed by atoms with Gasteiger partial charge in [-0.1, -0.05) is 67.1 Å². The van der Waals surface area contributed by atoms with Crippen LogP contribution in [0.3, 0.4) is 0 Å². The highest BCUT2D eigenvalue weighted by atomic mass is 32.2. The van der Waals surface area contributed by atoms with Gasteiger partial charge in [-0.25, -0.2) is 0 Å². The van der Waals surface area contributed by atoms with Crippen molar-refractivity contribution in [3.63, 3.8) is 0 Å². The molecule has 5 rings (SSSR count). The van der Waals surface area contributed by atoms with Crippen LogP contribution in [0.4, 0.5) is 0 Å². The molecule has 1 amide bonds. The number of amides is 1. The number of thioether (sulfide) groups is 2. The summed E-state index contributed by atoms with van der Waals surface area (Å²) in [5, 5.41) is 3.44. The number of hydrogen-bond donors (Lipinski definition) is 1. The van der Waals surface area contributed by atoms with E-state index in [4.69, 9.17) is 0 Å². The molecular weight excluding hydrogens is 394 g/mol. The summed E-state index contributed by atoms with van der Waals surface area (Å²) >= 11 is 4.42. The molecule has 3 aliphatic rings. The molecule has 0 radical (unpaired) electrons. The normalized spacial score (nSPS) is 27.8. The lowest BCUT2D eigenvalue weighted by atomic mass is 9.67. The van der Waals surface area contributed by atoms with Crippen LogP contribution in [0.5, 0.6) is 0 Å². The average molecular weight is 424 g/mol. The van der Waals surface area contributed by atoms with Gasteiger partial charge in [0.15, 0.2) is 0 Å². The topological polar surface area (TPSA) is 29.1 Å². The molecule has 0 unspecified atom stereocenters. The van der Waals surface area contributed by atoms with Crippen LogP contribution in [0.15, 0.2) is 60.7 Å². The SMILES string of the molecule is O=C(NC(c1ccccc1)c1ccccc1)C1C[C@H]2CCC[C@H](C1)C21SCCS1. The van der Waals surface area contributed by atoms with E-state index >= 15 is 0 Å². The summed E-state index contributed by atoms with van der Waals surface area (Å²) < 4.78 is 0.424. The van der Waals surface area contributed by atoms with Crippen LogP contribution in [0, 0.1) is 17.8 Å². The van der Waals surface area contributed by atoms with Gasteiger partial charge in [-0.3, -0.25) is 4.79 Å². The Morgan fingerprint density at radius 2 is 1.38 bits per heavy atom. The largest absolute Gasteiger partial charge is 0.345 e. The lowest BCUT2D eigenvalue weighted by molar-refractivity contribution is -0.128. The van der Waals surface area contributed by atoms with E-state index in [0.717, 1.165) is 24.0 Å². The van der Waals surface area contributed by atoms with Gasteiger partial charge in [-0.15, -0.1) is 23.5 Å². The minimum absolute atomic E-state index is 0.0733. The molecule has 29 heavy (non-hydrogen) atoms. The molecule has 2 atom stereocenters. The van der Waals surface area contributed by atoms with Crippen molar-refractivity contribution in [2.75, 3.05) is 11.5 Å². The summed E-state index contributed by atoms with van der Waals surface area (Å²) in [6.45, 7) is 0. The van der Waals surface area contributed by atoms with Crippen LogP contribution in [0.25, 0.3) is 0 Å². The monoisotopic (exact) mass is 423 g/mol. The molecule has 2 aromatic carbocycles. The first-order valence-electron chi connectivity index (χ1n) is 10.9. The fourth-order valence-corrected chi connectivity index (χ4v) is 9.67. The lowest BCUT2D eigenvalue weighted by Gasteiger charge is -2.52. The molecular formula is C25H29NOS2. The first-order chi connectivity index (χ1) is 14.3. The van der Waals surface area contributed by atoms with Gasteiger partial charge in [0, 0.05) is 17.4 Å². The zero-order valence-electron chi connectivity index (χ0n) is 16.8. The molecule has 4 heteroatoms. The molecule has 152 valence electrons. The van der Waals surface area contributed by atoms with E-state index in [-0.39, 0.29) is 17.9 Å². The van der Waals surface area contributed by atoms with Gasteiger partial charge in [0.05, 0.1) is 10.1 Å². The Bertz CT molecular complexity index is 779. The summed E-state index contributed by atoms with van der Waals surface area (Å²) in [5.41, 5.74) is 2.31. The van der Waals surface area contributed by atoms with E-state index in [1.165, 1.54) is 30.8 Å². The van der Waals surface area contributed by atoms with E-state index in [1.54, 1.807) is 0 Å². The third-order valence-electron chi connectivity index (χ3n) is 7.04. The van der Waals surface area contributed by atoms with Gasteiger partial charge in [-0.05, 0) is 48.6 Å². The second-order valence-corrected chi connectivity index (χ2v) is 11.7. The molecule has 2 bridgehead atoms. The molecule has 1 aliphatic heterocycles. The Morgan fingerprint density at radius 1 is 0.862 bits per heavy atom. The highest BCUT2D eigenvalue weighted by molar-refractivity contribution is 8.21. The number of carbonyl (C=O) groups is 1. The molecule has 2 aromatic rings. The second kappa shape index (κ2) is 8.39. The fourth-order valence-electron chi connectivity index (χ4n) is 5.73. The van der Waals surface area contributed by atoms with Crippen molar-refractivity contribution >= 4 is 29.4 Å². The highest BCUT2D eigenvalue weighted by Crippen LogP contribution is 2.64. The van der Waals surface area contributed by atoms with Crippen LogP contribution < -0.4 is 5.32 Å². The fraction of sp³-hybridized carbons (Fsp3) is 0.480. The van der Waals surface area contributed by atoms with Crippen molar-refractivity contribution in [3.05, 3.63) is 71.8 Å². The minimum Gasteiger partial charge on any atom is -0.345 e. The van der Waals surface area contributed by atoms with Gasteiger partial charge in [0.2, 0.25) is 5.91 Å². The summed E-state index contributed by atoms with van der Waals surface area (Å²) in [7, 11) is 0. The first kappa shape index (κ1) is 19.6. The van der Waals surface area contributed by atoms with Crippen molar-refractivity contribution < 1.29 is 4.79 Å². The predicted molar refractivity (Wildman–Crippen MR) is 124 cm³/mol. The predicted octanol–water partition coefficient (Wildman–Crippen LogP) is 5.89. The van der Waals surface area contributed by atoms with E-state index < -0.39 is 0 Å². The van der Waals surface area contributed by atoms with E-state index in [2.05, 4.69) is 77.4 Å². The van der Waals surface area contributed by atoms with Crippen molar-refractivity contribution in [2.24, 2.45) is 17.8 Å². The second-order valence-electron chi connectivity index (χ2n) is 8.67. The number of carbonyl (C=O) groups excluding carboxylic acids is 1. The highest BCUT2D eigenvalue weighted by Gasteiger charge is 2.55. The van der Waals surface area contributed by atoms with Gasteiger partial charge >= 0.3 is 0 Å². The third-order valence-corrected chi connectivity index (χ3v) is 11.1. The molecule has 2 aliphatic carbocycles. The van der Waals surface area contributed by atoms with Crippen molar-refractivity contribution in [3.8, 4) is 0 Å². The molecule has 2 nitrogen and oxygen atoms in total. The number of rotatable bonds is 4. The summed E-state index contributed by atoms with van der Waals surface area (Å²) in [6, 6.07) is 20.7. The Kier molecular flexibility index (Phi) is 5.66. The average Bonchev–Trinajstić information content (AvgIpc) is 3.22. The van der Waals surface area contributed by atoms with Crippen molar-refractivity contribution in [1.29, 1.82) is 0 Å². The molecule has 1 heterocycles. The summed E-state index contributed by atoms with van der Waals surface area (Å²) in [4.78, 5) is 13.5. The minimum atomic E-state index is -0.0733. The van der Waals surface area contributed by atoms with Crippen LogP contribution in [0.1, 0.15) is 49.3 Å². The lowest BCUT2D eigenvalue weighted by Crippen LogP contribution is -2.50. The van der Waals surface area contributed by atoms with Gasteiger partial charge in [0.25, 0.3) is 0 Å². The Labute approximate surface area is 182 Å². The Balaban J connectivity index is 1.36. The van der Waals surface area contributed by atoms with Crippen LogP contribution >= 0.6 is 23.5 Å². The maximum absolute atomic E-state index is 13.5. The number of benzene rings is 2. The van der Waals surface area contributed by atoms with E-state index in [1.807, 2.05) is 12.1 Å². The van der Waals surface area contributed by atoms with Crippen LogP contribution in [-0.2, 0) is 4.79 Å². The maximum Gasteiger partial charge on any atom is 0.223 e. The smallest absolute Gasteiger partial charge is 0.223 e. The van der Waals surface area contributed by atoms with Crippen LogP contribution in [0.2, 0.25) is 0 Å². The third kappa shape index (κ3) is 3.74. The summed E-state index contributed by atoms with van der Waals surface area (Å²) in [6.07, 6.45) is 6.10. The Morgan fingerprint density at radius 3 is 1.90 bits per heavy atom. The molecule has 2 saturated carbocycles. The van der Waals surface area contributed by atoms with Gasteiger partial charge in [0.1, 0.15) is 0 Å². The molecule has 0 aromatic heterocycles. The van der Waals surface area contributed by atoms with Crippen molar-refractivity contribution in [1.82, 2.24) is 5.32 Å². The first-order valence-corrected chi connectivity index (χ1v) is 12.9. The standard InChI is InChI=1S/C25H29NOS2/c27-24(20-16-21-12-7-13-22(17-20)25(21)28-14-15-29-25)26-23(18-8-3-1-4-9-18)19-10-5-2-6-11-19/h1-6,8-11,20-23H,7,12-17H2,(H,26,27)/t21-,22-/m1/s1. The van der Waals surface area contributed by atoms with Crippen LogP contribution in [-0.4, -0.2) is 21.5 Å². The van der Waals surface area contributed by atoms with E-state index in [0.29, 0.717) is 15.9 Å². The quantitative estimate of drug-likeness (QED) is 0.664. The molecule has 3 fully saturated rings. The zero-order valence-corrected chi connectivity index (χ0v) is 18.4. The van der Waals surface area contributed by atoms with Gasteiger partial charge < -0.3 is 5.32 Å². The molecule has 1 spiro atoms. The zero-order chi connectivity index (χ0) is 19.7. The maximum atomic E-state index is 13.5. The molecule has 1 N–H and O–H groups in total. The number of nitrogens with one attached hydrogen (secondary N) is 1. The summed E-state index contributed by atoms with van der Waals surface area (Å²) in [5.74, 6) is 4.40. The van der Waals surface area contributed by atoms with Gasteiger partial charge in [-0.2, -0.15) is 0 Å². The number of hydrogen-bond acceptors (Lipinski definition) is 3. The molecule has 1 saturated heterocycles. The van der Waals surface area contributed by atoms with E-state index in [9.17, 15) is 4.79 Å². The Hall–Kier alpha value is -1.39. The van der Waals surface area contributed by atoms with Crippen molar-refractivity contribution in [2.45, 2.75) is 42.2 Å².